The van der Waals surface area contributed by atoms with Crippen LogP contribution in [0.25, 0.3) is 0 Å². The normalized spacial score (nSPS) is 50.9. The average Bonchev–Trinajstić information content (AvgIpc) is 2.64. The van der Waals surface area contributed by atoms with Crippen LogP contribution < -0.4 is 0 Å². The molecular formula is C16H26O3. The summed E-state index contributed by atoms with van der Waals surface area (Å²) < 4.78 is 11.7. The number of hydrogen-bond donors (Lipinski definition) is 0. The Kier molecular flexibility index (Phi) is 2.65. The van der Waals surface area contributed by atoms with Crippen LogP contribution in [0.4, 0.5) is 0 Å². The highest BCUT2D eigenvalue weighted by Crippen LogP contribution is 2.69. The van der Waals surface area contributed by atoms with Gasteiger partial charge in [0.25, 0.3) is 0 Å². The maximum absolute atomic E-state index is 11.5. The topological polar surface area (TPSA) is 35.5 Å². The summed E-state index contributed by atoms with van der Waals surface area (Å²) in [7, 11) is 0. The van der Waals surface area contributed by atoms with E-state index in [9.17, 15) is 4.79 Å². The summed E-state index contributed by atoms with van der Waals surface area (Å²) in [6.07, 6.45) is 2.48. The molecule has 1 aliphatic heterocycles. The van der Waals surface area contributed by atoms with E-state index >= 15 is 0 Å². The van der Waals surface area contributed by atoms with Crippen molar-refractivity contribution >= 4 is 5.97 Å². The molecular weight excluding hydrogens is 240 g/mol. The van der Waals surface area contributed by atoms with Gasteiger partial charge in [-0.2, -0.15) is 0 Å². The largest absolute Gasteiger partial charge is 0.461 e. The maximum Gasteiger partial charge on any atom is 0.302 e. The van der Waals surface area contributed by atoms with Crippen molar-refractivity contribution < 1.29 is 14.3 Å². The molecule has 3 fully saturated rings. The van der Waals surface area contributed by atoms with Crippen LogP contribution >= 0.6 is 0 Å². The third-order valence-corrected chi connectivity index (χ3v) is 6.03. The maximum atomic E-state index is 11.5. The van der Waals surface area contributed by atoms with Crippen molar-refractivity contribution in [2.75, 3.05) is 13.2 Å². The Bertz CT molecular complexity index is 388. The molecule has 5 atom stereocenters. The minimum atomic E-state index is -0.149. The molecule has 2 bridgehead atoms. The lowest BCUT2D eigenvalue weighted by Crippen LogP contribution is -2.52. The van der Waals surface area contributed by atoms with Gasteiger partial charge in [-0.25, -0.2) is 0 Å². The predicted molar refractivity (Wildman–Crippen MR) is 72.6 cm³/mol. The van der Waals surface area contributed by atoms with E-state index in [0.29, 0.717) is 17.3 Å². The zero-order valence-electron chi connectivity index (χ0n) is 12.8. The Balaban J connectivity index is 2.01. The second-order valence-electron chi connectivity index (χ2n) is 8.28. The quantitative estimate of drug-likeness (QED) is 0.684. The van der Waals surface area contributed by atoms with Crippen LogP contribution in [0.15, 0.2) is 0 Å². The summed E-state index contributed by atoms with van der Waals surface area (Å²) in [4.78, 5) is 11.5. The molecule has 0 aromatic heterocycles. The second-order valence-corrected chi connectivity index (χ2v) is 8.28. The fraction of sp³-hybridized carbons (Fsp3) is 0.938. The van der Waals surface area contributed by atoms with Gasteiger partial charge < -0.3 is 9.47 Å². The second kappa shape index (κ2) is 3.75. The van der Waals surface area contributed by atoms with Crippen molar-refractivity contribution in [3.05, 3.63) is 0 Å². The molecule has 3 heteroatoms. The van der Waals surface area contributed by atoms with Crippen LogP contribution in [0.5, 0.6) is 0 Å². The lowest BCUT2D eigenvalue weighted by molar-refractivity contribution is -0.187. The van der Waals surface area contributed by atoms with Crippen molar-refractivity contribution in [2.45, 2.75) is 53.6 Å². The number of fused-ring (bicyclic) bond motifs is 5. The third-order valence-electron chi connectivity index (χ3n) is 6.03. The molecule has 3 rings (SSSR count). The molecule has 0 radical (unpaired) electrons. The van der Waals surface area contributed by atoms with E-state index < -0.39 is 0 Å². The summed E-state index contributed by atoms with van der Waals surface area (Å²) in [6.45, 7) is 12.3. The fourth-order valence-corrected chi connectivity index (χ4v) is 5.38. The van der Waals surface area contributed by atoms with E-state index in [4.69, 9.17) is 9.47 Å². The Hall–Kier alpha value is -0.570. The van der Waals surface area contributed by atoms with Gasteiger partial charge in [-0.3, -0.25) is 4.79 Å². The van der Waals surface area contributed by atoms with E-state index in [1.165, 1.54) is 19.8 Å². The standard InChI is InChI=1S/C16H26O3/c1-10(17)19-13-15(4)8-18-9-16(13,5)12-7-14(2,3)6-11(12)15/h11-13H,6-9H2,1-5H3/t11?,12?,13?,15-,16+. The van der Waals surface area contributed by atoms with Crippen LogP contribution in [0, 0.1) is 28.1 Å². The molecule has 0 aromatic rings. The molecule has 108 valence electrons. The van der Waals surface area contributed by atoms with Gasteiger partial charge in [-0.1, -0.05) is 27.7 Å². The lowest BCUT2D eigenvalue weighted by Gasteiger charge is -2.46. The number of esters is 1. The molecule has 0 spiro atoms. The van der Waals surface area contributed by atoms with Crippen molar-refractivity contribution in [1.82, 2.24) is 0 Å². The molecule has 0 N–H and O–H groups in total. The van der Waals surface area contributed by atoms with E-state index in [2.05, 4.69) is 27.7 Å². The zero-order valence-corrected chi connectivity index (χ0v) is 12.8. The third kappa shape index (κ3) is 1.70. The summed E-state index contributed by atoms with van der Waals surface area (Å²) in [5.41, 5.74) is 0.407. The Morgan fingerprint density at radius 3 is 1.95 bits per heavy atom. The smallest absolute Gasteiger partial charge is 0.302 e. The van der Waals surface area contributed by atoms with Gasteiger partial charge >= 0.3 is 5.97 Å². The first-order chi connectivity index (χ1) is 8.69. The monoisotopic (exact) mass is 266 g/mol. The molecule has 3 unspecified atom stereocenters. The number of hydrogen-bond acceptors (Lipinski definition) is 3. The van der Waals surface area contributed by atoms with Crippen molar-refractivity contribution in [2.24, 2.45) is 28.1 Å². The summed E-state index contributed by atoms with van der Waals surface area (Å²) in [6, 6.07) is 0. The first kappa shape index (κ1) is 13.4. The first-order valence-electron chi connectivity index (χ1n) is 7.44. The highest BCUT2D eigenvalue weighted by Gasteiger charge is 2.70. The Labute approximate surface area is 116 Å². The van der Waals surface area contributed by atoms with Crippen LogP contribution in [-0.2, 0) is 14.3 Å². The van der Waals surface area contributed by atoms with Crippen molar-refractivity contribution in [3.8, 4) is 0 Å². The van der Waals surface area contributed by atoms with E-state index in [1.54, 1.807) is 0 Å². The van der Waals surface area contributed by atoms with E-state index in [0.717, 1.165) is 13.2 Å². The summed E-state index contributed by atoms with van der Waals surface area (Å²) >= 11 is 0. The molecule has 0 amide bonds. The Morgan fingerprint density at radius 2 is 1.53 bits per heavy atom. The molecule has 3 nitrogen and oxygen atoms in total. The van der Waals surface area contributed by atoms with E-state index in [-0.39, 0.29) is 22.9 Å². The van der Waals surface area contributed by atoms with Crippen molar-refractivity contribution in [3.63, 3.8) is 0 Å². The molecule has 2 saturated carbocycles. The molecule has 2 aliphatic carbocycles. The van der Waals surface area contributed by atoms with Gasteiger partial charge in [0.15, 0.2) is 0 Å². The zero-order chi connectivity index (χ0) is 14.1. The summed E-state index contributed by atoms with van der Waals surface area (Å²) in [5.74, 6) is 1.10. The van der Waals surface area contributed by atoms with Crippen LogP contribution in [0.3, 0.4) is 0 Å². The molecule has 0 aromatic carbocycles. The highest BCUT2D eigenvalue weighted by molar-refractivity contribution is 5.66. The minimum Gasteiger partial charge on any atom is -0.461 e. The average molecular weight is 266 g/mol. The first-order valence-corrected chi connectivity index (χ1v) is 7.44. The SMILES string of the molecule is CC(=O)OC1[C@@]2(C)COC[C@]1(C)C1CC(C)(C)CC12. The number of rotatable bonds is 1. The highest BCUT2D eigenvalue weighted by atomic mass is 16.6. The number of carbonyl (C=O) groups excluding carboxylic acids is 1. The lowest BCUT2D eigenvalue weighted by atomic mass is 9.70. The number of carbonyl (C=O) groups is 1. The molecule has 1 saturated heterocycles. The van der Waals surface area contributed by atoms with Gasteiger partial charge in [0.2, 0.25) is 0 Å². The van der Waals surface area contributed by atoms with Crippen LogP contribution in [0.1, 0.15) is 47.5 Å². The molecule has 19 heavy (non-hydrogen) atoms. The molecule has 1 heterocycles. The van der Waals surface area contributed by atoms with E-state index in [1.807, 2.05) is 0 Å². The van der Waals surface area contributed by atoms with Crippen molar-refractivity contribution in [1.29, 1.82) is 0 Å². The van der Waals surface area contributed by atoms with Gasteiger partial charge in [-0.05, 0) is 30.1 Å². The van der Waals surface area contributed by atoms with Gasteiger partial charge in [0.1, 0.15) is 6.10 Å². The number of ether oxygens (including phenoxy) is 2. The van der Waals surface area contributed by atoms with Crippen LogP contribution in [0.2, 0.25) is 0 Å². The Morgan fingerprint density at radius 1 is 1.05 bits per heavy atom. The predicted octanol–water partition coefficient (Wildman–Crippen LogP) is 3.03. The molecule has 3 aliphatic rings. The van der Waals surface area contributed by atoms with Gasteiger partial charge in [-0.15, -0.1) is 0 Å². The summed E-state index contributed by atoms with van der Waals surface area (Å²) in [5, 5.41) is 0. The van der Waals surface area contributed by atoms with Gasteiger partial charge in [0, 0.05) is 17.8 Å². The van der Waals surface area contributed by atoms with Gasteiger partial charge in [0.05, 0.1) is 13.2 Å². The minimum absolute atomic E-state index is 0.00287. The van der Waals surface area contributed by atoms with Crippen LogP contribution in [-0.4, -0.2) is 25.3 Å². The fourth-order valence-electron chi connectivity index (χ4n) is 5.38.